The van der Waals surface area contributed by atoms with Gasteiger partial charge in [0.25, 0.3) is 0 Å². The molecule has 106 valence electrons. The fourth-order valence-corrected chi connectivity index (χ4v) is 2.10. The van der Waals surface area contributed by atoms with Crippen LogP contribution in [-0.2, 0) is 11.3 Å². The van der Waals surface area contributed by atoms with Gasteiger partial charge < -0.3 is 10.6 Å². The van der Waals surface area contributed by atoms with Crippen LogP contribution in [0.1, 0.15) is 32.3 Å². The van der Waals surface area contributed by atoms with Crippen LogP contribution in [0.15, 0.2) is 18.2 Å². The molecular weight excluding hydrogens is 283 g/mol. The number of hydrogen-bond acceptors (Lipinski definition) is 2. The molecule has 19 heavy (non-hydrogen) atoms. The molecule has 5 heteroatoms. The van der Waals surface area contributed by atoms with Gasteiger partial charge in [0.1, 0.15) is 0 Å². The Morgan fingerprint density at radius 2 is 1.95 bits per heavy atom. The highest BCUT2D eigenvalue weighted by Gasteiger charge is 2.07. The Bertz CT molecular complexity index is 404. The number of benzene rings is 1. The topological polar surface area (TPSA) is 41.1 Å². The Labute approximate surface area is 124 Å². The van der Waals surface area contributed by atoms with Gasteiger partial charge in [0.2, 0.25) is 5.91 Å². The molecule has 3 nitrogen and oxygen atoms in total. The lowest BCUT2D eigenvalue weighted by Crippen LogP contribution is -2.33. The first-order chi connectivity index (χ1) is 9.04. The van der Waals surface area contributed by atoms with E-state index in [-0.39, 0.29) is 11.9 Å². The molecule has 0 aliphatic carbocycles. The molecule has 1 amide bonds. The van der Waals surface area contributed by atoms with Gasteiger partial charge in [-0.25, -0.2) is 0 Å². The van der Waals surface area contributed by atoms with Gasteiger partial charge in [0.15, 0.2) is 0 Å². The average Bonchev–Trinajstić information content (AvgIpc) is 2.37. The Hall–Kier alpha value is -0.770. The van der Waals surface area contributed by atoms with Gasteiger partial charge in [0, 0.05) is 41.2 Å². The maximum Gasteiger partial charge on any atom is 0.221 e. The van der Waals surface area contributed by atoms with Crippen molar-refractivity contribution in [2.45, 2.75) is 39.3 Å². The van der Waals surface area contributed by atoms with Crippen LogP contribution in [-0.4, -0.2) is 18.5 Å². The Morgan fingerprint density at radius 1 is 1.32 bits per heavy atom. The molecule has 0 aliphatic rings. The number of carbonyl (C=O) groups is 1. The van der Waals surface area contributed by atoms with E-state index >= 15 is 0 Å². The smallest absolute Gasteiger partial charge is 0.221 e. The third-order valence-corrected chi connectivity index (χ3v) is 3.62. The normalized spacial score (nSPS) is 12.2. The summed E-state index contributed by atoms with van der Waals surface area (Å²) in [6.45, 7) is 5.20. The lowest BCUT2D eigenvalue weighted by Gasteiger charge is -2.12. The van der Waals surface area contributed by atoms with Gasteiger partial charge in [-0.05, 0) is 25.5 Å². The molecule has 1 aromatic carbocycles. The summed E-state index contributed by atoms with van der Waals surface area (Å²) in [5, 5.41) is 7.38. The van der Waals surface area contributed by atoms with E-state index in [1.807, 2.05) is 19.9 Å². The van der Waals surface area contributed by atoms with Crippen molar-refractivity contribution in [1.29, 1.82) is 0 Å². The number of amides is 1. The zero-order valence-electron chi connectivity index (χ0n) is 11.3. The first kappa shape index (κ1) is 16.3. The minimum atomic E-state index is 0.0621. The predicted molar refractivity (Wildman–Crippen MR) is 80.7 cm³/mol. The molecule has 0 bridgehead atoms. The molecule has 1 unspecified atom stereocenters. The van der Waals surface area contributed by atoms with E-state index in [2.05, 4.69) is 10.6 Å². The van der Waals surface area contributed by atoms with Crippen LogP contribution < -0.4 is 10.6 Å². The minimum Gasteiger partial charge on any atom is -0.354 e. The van der Waals surface area contributed by atoms with Crippen molar-refractivity contribution in [3.05, 3.63) is 33.8 Å². The first-order valence-corrected chi connectivity index (χ1v) is 7.23. The molecule has 0 saturated heterocycles. The maximum absolute atomic E-state index is 11.6. The average molecular weight is 303 g/mol. The van der Waals surface area contributed by atoms with Crippen molar-refractivity contribution in [3.63, 3.8) is 0 Å². The molecule has 2 N–H and O–H groups in total. The zero-order chi connectivity index (χ0) is 14.3. The van der Waals surface area contributed by atoms with E-state index in [9.17, 15) is 4.79 Å². The fourth-order valence-electron chi connectivity index (χ4n) is 1.57. The number of carbonyl (C=O) groups excluding carboxylic acids is 1. The van der Waals surface area contributed by atoms with Crippen molar-refractivity contribution in [2.75, 3.05) is 6.54 Å². The van der Waals surface area contributed by atoms with Crippen molar-refractivity contribution < 1.29 is 4.79 Å². The summed E-state index contributed by atoms with van der Waals surface area (Å²) >= 11 is 12.1. The highest BCUT2D eigenvalue weighted by molar-refractivity contribution is 6.35. The lowest BCUT2D eigenvalue weighted by molar-refractivity contribution is -0.121. The number of rotatable bonds is 7. The van der Waals surface area contributed by atoms with Gasteiger partial charge in [0.05, 0.1) is 0 Å². The molecular formula is C14H20Cl2N2O. The first-order valence-electron chi connectivity index (χ1n) is 6.47. The van der Waals surface area contributed by atoms with Crippen LogP contribution in [0.5, 0.6) is 0 Å². The third kappa shape index (κ3) is 5.81. The van der Waals surface area contributed by atoms with Crippen LogP contribution >= 0.6 is 23.2 Å². The van der Waals surface area contributed by atoms with Gasteiger partial charge in [-0.2, -0.15) is 0 Å². The summed E-state index contributed by atoms with van der Waals surface area (Å²) in [4.78, 5) is 11.6. The fraction of sp³-hybridized carbons (Fsp3) is 0.500. The summed E-state index contributed by atoms with van der Waals surface area (Å²) in [5.41, 5.74) is 0.869. The molecule has 1 aromatic rings. The highest BCUT2D eigenvalue weighted by atomic mass is 35.5. The number of halogens is 2. The molecule has 1 rings (SSSR count). The van der Waals surface area contributed by atoms with Crippen LogP contribution in [0.3, 0.4) is 0 Å². The Balaban J connectivity index is 2.29. The third-order valence-electron chi connectivity index (χ3n) is 2.91. The molecule has 1 atom stereocenters. The van der Waals surface area contributed by atoms with Crippen LogP contribution in [0.25, 0.3) is 0 Å². The van der Waals surface area contributed by atoms with Crippen LogP contribution in [0.2, 0.25) is 10.0 Å². The number of nitrogens with one attached hydrogen (secondary N) is 2. The zero-order valence-corrected chi connectivity index (χ0v) is 12.8. The largest absolute Gasteiger partial charge is 0.354 e. The molecule has 0 heterocycles. The Morgan fingerprint density at radius 3 is 2.53 bits per heavy atom. The quantitative estimate of drug-likeness (QED) is 0.758. The van der Waals surface area contributed by atoms with Crippen LogP contribution in [0, 0.1) is 0 Å². The molecule has 0 aromatic heterocycles. The monoisotopic (exact) mass is 302 g/mol. The predicted octanol–water partition coefficient (Wildman–Crippen LogP) is 3.39. The standard InChI is InChI=1S/C14H20Cl2N2O/c1-3-10(2)18-14(19)7-8-17-9-11-12(15)5-4-6-13(11)16/h4-6,10,17H,3,7-9H2,1-2H3,(H,18,19). The van der Waals surface area contributed by atoms with Crippen molar-refractivity contribution in [2.24, 2.45) is 0 Å². The summed E-state index contributed by atoms with van der Waals surface area (Å²) in [6.07, 6.45) is 1.39. The second kappa shape index (κ2) is 8.41. The van der Waals surface area contributed by atoms with Crippen molar-refractivity contribution in [3.8, 4) is 0 Å². The SMILES string of the molecule is CCC(C)NC(=O)CCNCc1c(Cl)cccc1Cl. The maximum atomic E-state index is 11.6. The van der Waals surface area contributed by atoms with Gasteiger partial charge >= 0.3 is 0 Å². The van der Waals surface area contributed by atoms with E-state index in [0.29, 0.717) is 29.6 Å². The second-order valence-electron chi connectivity index (χ2n) is 4.50. The number of hydrogen-bond donors (Lipinski definition) is 2. The van der Waals surface area contributed by atoms with Gasteiger partial charge in [-0.1, -0.05) is 36.2 Å². The molecule has 0 spiro atoms. The van der Waals surface area contributed by atoms with E-state index in [1.54, 1.807) is 12.1 Å². The molecule has 0 radical (unpaired) electrons. The molecule has 0 fully saturated rings. The van der Waals surface area contributed by atoms with Crippen LogP contribution in [0.4, 0.5) is 0 Å². The van der Waals surface area contributed by atoms with E-state index in [0.717, 1.165) is 12.0 Å². The Kier molecular flexibility index (Phi) is 7.21. The highest BCUT2D eigenvalue weighted by Crippen LogP contribution is 2.23. The van der Waals surface area contributed by atoms with E-state index in [1.165, 1.54) is 0 Å². The van der Waals surface area contributed by atoms with Gasteiger partial charge in [-0.15, -0.1) is 0 Å². The van der Waals surface area contributed by atoms with Crippen molar-refractivity contribution in [1.82, 2.24) is 10.6 Å². The van der Waals surface area contributed by atoms with Crippen molar-refractivity contribution >= 4 is 29.1 Å². The summed E-state index contributed by atoms with van der Waals surface area (Å²) in [7, 11) is 0. The second-order valence-corrected chi connectivity index (χ2v) is 5.32. The van der Waals surface area contributed by atoms with Gasteiger partial charge in [-0.3, -0.25) is 4.79 Å². The van der Waals surface area contributed by atoms with E-state index < -0.39 is 0 Å². The summed E-state index contributed by atoms with van der Waals surface area (Å²) < 4.78 is 0. The summed E-state index contributed by atoms with van der Waals surface area (Å²) in [5.74, 6) is 0.0621. The molecule has 0 aliphatic heterocycles. The molecule has 0 saturated carbocycles. The summed E-state index contributed by atoms with van der Waals surface area (Å²) in [6, 6.07) is 5.65. The minimum absolute atomic E-state index is 0.0621. The van der Waals surface area contributed by atoms with E-state index in [4.69, 9.17) is 23.2 Å². The lowest BCUT2D eigenvalue weighted by atomic mass is 10.2.